The van der Waals surface area contributed by atoms with Crippen molar-refractivity contribution in [1.29, 1.82) is 0 Å². The maximum atomic E-state index is 12.8. The van der Waals surface area contributed by atoms with Gasteiger partial charge in [0.25, 0.3) is 0 Å². The molecule has 1 aromatic rings. The van der Waals surface area contributed by atoms with Gasteiger partial charge in [0.2, 0.25) is 11.8 Å². The van der Waals surface area contributed by atoms with Crippen molar-refractivity contribution in [1.82, 2.24) is 4.90 Å². The van der Waals surface area contributed by atoms with E-state index in [1.807, 2.05) is 24.3 Å². The van der Waals surface area contributed by atoms with Gasteiger partial charge in [-0.25, -0.2) is 0 Å². The normalized spacial score (nSPS) is 30.0. The number of nitrogens with zero attached hydrogens (tertiary/aromatic N) is 1. The van der Waals surface area contributed by atoms with Gasteiger partial charge in [-0.15, -0.1) is 0 Å². The molecule has 0 radical (unpaired) electrons. The van der Waals surface area contributed by atoms with Gasteiger partial charge in [-0.1, -0.05) is 18.9 Å². The van der Waals surface area contributed by atoms with Crippen molar-refractivity contribution in [2.45, 2.75) is 51.0 Å². The Labute approximate surface area is 167 Å². The molecule has 4 rings (SSSR count). The van der Waals surface area contributed by atoms with E-state index >= 15 is 0 Å². The van der Waals surface area contributed by atoms with Gasteiger partial charge in [-0.2, -0.15) is 0 Å². The third kappa shape index (κ3) is 4.39. The van der Waals surface area contributed by atoms with Crippen molar-refractivity contribution in [2.75, 3.05) is 30.3 Å². The average Bonchev–Trinajstić information content (AvgIpc) is 3.15. The molecular formula is C22H32N4O2. The van der Waals surface area contributed by atoms with Crippen molar-refractivity contribution in [2.24, 2.45) is 23.5 Å². The summed E-state index contributed by atoms with van der Waals surface area (Å²) in [5.74, 6) is 0.871. The summed E-state index contributed by atoms with van der Waals surface area (Å²) in [6.07, 6.45) is 8.21. The van der Waals surface area contributed by atoms with Crippen LogP contribution in [-0.4, -0.2) is 42.4 Å². The minimum absolute atomic E-state index is 0.000464. The summed E-state index contributed by atoms with van der Waals surface area (Å²) in [5, 5.41) is 5.99. The summed E-state index contributed by atoms with van der Waals surface area (Å²) in [7, 11) is 0. The van der Waals surface area contributed by atoms with Gasteiger partial charge in [-0.3, -0.25) is 14.5 Å². The molecule has 4 unspecified atom stereocenters. The molecule has 2 aliphatic carbocycles. The molecule has 28 heavy (non-hydrogen) atoms. The molecule has 1 saturated heterocycles. The summed E-state index contributed by atoms with van der Waals surface area (Å²) in [6, 6.07) is 7.39. The topological polar surface area (TPSA) is 87.5 Å². The van der Waals surface area contributed by atoms with E-state index in [9.17, 15) is 9.59 Å². The number of hydrogen-bond donors (Lipinski definition) is 3. The van der Waals surface area contributed by atoms with Crippen LogP contribution in [0.1, 0.15) is 44.9 Å². The molecule has 6 nitrogen and oxygen atoms in total. The number of likely N-dealkylation sites (tertiary alicyclic amines) is 1. The highest BCUT2D eigenvalue weighted by atomic mass is 16.2. The summed E-state index contributed by atoms with van der Waals surface area (Å²) in [6.45, 7) is 2.41. The Hall–Kier alpha value is -1.92. The van der Waals surface area contributed by atoms with Gasteiger partial charge in [0.1, 0.15) is 0 Å². The van der Waals surface area contributed by atoms with Crippen molar-refractivity contribution < 1.29 is 9.59 Å². The fourth-order valence-corrected chi connectivity index (χ4v) is 5.32. The third-order valence-electron chi connectivity index (χ3n) is 6.76. The lowest BCUT2D eigenvalue weighted by atomic mass is 9.84. The molecule has 0 spiro atoms. The van der Waals surface area contributed by atoms with Crippen molar-refractivity contribution in [3.05, 3.63) is 24.3 Å². The number of carbonyl (C=O) groups is 2. The lowest BCUT2D eigenvalue weighted by molar-refractivity contribution is -0.121. The van der Waals surface area contributed by atoms with Crippen LogP contribution in [0.25, 0.3) is 0 Å². The van der Waals surface area contributed by atoms with Crippen molar-refractivity contribution >= 4 is 23.2 Å². The first-order valence-electron chi connectivity index (χ1n) is 10.8. The fourth-order valence-electron chi connectivity index (χ4n) is 5.32. The molecule has 4 atom stereocenters. The van der Waals surface area contributed by atoms with Crippen LogP contribution in [0.5, 0.6) is 0 Å². The van der Waals surface area contributed by atoms with Crippen LogP contribution < -0.4 is 16.4 Å². The highest BCUT2D eigenvalue weighted by Crippen LogP contribution is 2.47. The Morgan fingerprint density at radius 1 is 1.00 bits per heavy atom. The van der Waals surface area contributed by atoms with Crippen molar-refractivity contribution in [3.63, 3.8) is 0 Å². The quantitative estimate of drug-likeness (QED) is 0.728. The van der Waals surface area contributed by atoms with E-state index in [1.165, 1.54) is 25.7 Å². The third-order valence-corrected chi connectivity index (χ3v) is 6.76. The largest absolute Gasteiger partial charge is 0.327 e. The van der Waals surface area contributed by atoms with Gasteiger partial charge < -0.3 is 16.4 Å². The number of anilines is 2. The first-order valence-corrected chi connectivity index (χ1v) is 10.8. The van der Waals surface area contributed by atoms with Crippen LogP contribution in [0.3, 0.4) is 0 Å². The summed E-state index contributed by atoms with van der Waals surface area (Å²) in [5.41, 5.74) is 7.72. The molecule has 3 fully saturated rings. The van der Waals surface area contributed by atoms with E-state index in [-0.39, 0.29) is 23.8 Å². The van der Waals surface area contributed by atoms with Crippen LogP contribution >= 0.6 is 0 Å². The number of nitrogens with one attached hydrogen (secondary N) is 2. The molecule has 6 heteroatoms. The van der Waals surface area contributed by atoms with Crippen LogP contribution in [0.2, 0.25) is 0 Å². The number of rotatable bonds is 5. The monoisotopic (exact) mass is 384 g/mol. The lowest BCUT2D eigenvalue weighted by Crippen LogP contribution is -2.42. The Kier molecular flexibility index (Phi) is 5.97. The van der Waals surface area contributed by atoms with Crippen LogP contribution in [0.4, 0.5) is 11.4 Å². The highest BCUT2D eigenvalue weighted by Gasteiger charge is 2.49. The second-order valence-electron chi connectivity index (χ2n) is 8.74. The smallest absolute Gasteiger partial charge is 0.238 e. The van der Waals surface area contributed by atoms with Gasteiger partial charge in [0.15, 0.2) is 0 Å². The molecular weight excluding hydrogens is 352 g/mol. The Bertz CT molecular complexity index is 712. The van der Waals surface area contributed by atoms with E-state index in [0.717, 1.165) is 38.0 Å². The van der Waals surface area contributed by atoms with Crippen LogP contribution in [0.15, 0.2) is 24.3 Å². The lowest BCUT2D eigenvalue weighted by Gasteiger charge is -2.27. The molecule has 2 saturated carbocycles. The van der Waals surface area contributed by atoms with Gasteiger partial charge in [-0.05, 0) is 75.2 Å². The first kappa shape index (κ1) is 19.4. The fraction of sp³-hybridized carbons (Fsp3) is 0.636. The zero-order valence-electron chi connectivity index (χ0n) is 16.5. The predicted octanol–water partition coefficient (Wildman–Crippen LogP) is 2.81. The molecule has 3 aliphatic rings. The zero-order valence-corrected chi connectivity index (χ0v) is 16.5. The van der Waals surface area contributed by atoms with Gasteiger partial charge >= 0.3 is 0 Å². The molecule has 2 amide bonds. The number of fused-ring (bicyclic) bond motifs is 2. The molecule has 0 aromatic heterocycles. The van der Waals surface area contributed by atoms with E-state index in [1.54, 1.807) is 0 Å². The van der Waals surface area contributed by atoms with E-state index in [2.05, 4.69) is 15.5 Å². The minimum atomic E-state index is -0.0833. The van der Waals surface area contributed by atoms with Crippen molar-refractivity contribution in [3.8, 4) is 0 Å². The average molecular weight is 385 g/mol. The number of nitrogens with two attached hydrogens (primary N) is 1. The second-order valence-corrected chi connectivity index (χ2v) is 8.74. The van der Waals surface area contributed by atoms with E-state index in [0.29, 0.717) is 24.1 Å². The molecule has 1 aromatic carbocycles. The van der Waals surface area contributed by atoms with Gasteiger partial charge in [0, 0.05) is 17.4 Å². The molecule has 152 valence electrons. The molecule has 1 aliphatic heterocycles. The molecule has 4 N–H and O–H groups in total. The molecule has 1 heterocycles. The van der Waals surface area contributed by atoms with E-state index < -0.39 is 0 Å². The standard InChI is InChI=1S/C22H32N4O2/c23-21-16-9-8-15(12-16)20(21)22(28)25-18-7-5-6-17(13-18)24-19(27)14-26-10-3-1-2-4-11-26/h5-7,13,15-16,20-21H,1-4,8-12,14,23H2,(H,24,27)(H,25,28). The van der Waals surface area contributed by atoms with Gasteiger partial charge in [0.05, 0.1) is 12.5 Å². The first-order chi connectivity index (χ1) is 13.6. The SMILES string of the molecule is NC1C2CCC(C2)C1C(=O)Nc1cccc(NC(=O)CN2CCCCCC2)c1. The second kappa shape index (κ2) is 8.62. The Balaban J connectivity index is 1.32. The maximum absolute atomic E-state index is 12.8. The van der Waals surface area contributed by atoms with E-state index in [4.69, 9.17) is 5.73 Å². The Morgan fingerprint density at radius 3 is 2.36 bits per heavy atom. The van der Waals surface area contributed by atoms with Crippen LogP contribution in [-0.2, 0) is 9.59 Å². The number of carbonyl (C=O) groups excluding carboxylic acids is 2. The number of hydrogen-bond acceptors (Lipinski definition) is 4. The zero-order chi connectivity index (χ0) is 19.5. The van der Waals surface area contributed by atoms with Crippen LogP contribution in [0, 0.1) is 17.8 Å². The summed E-state index contributed by atoms with van der Waals surface area (Å²) in [4.78, 5) is 27.4. The summed E-state index contributed by atoms with van der Waals surface area (Å²) >= 11 is 0. The minimum Gasteiger partial charge on any atom is -0.327 e. The molecule has 2 bridgehead atoms. The predicted molar refractivity (Wildman–Crippen MR) is 111 cm³/mol. The highest BCUT2D eigenvalue weighted by molar-refractivity contribution is 5.96. The number of amides is 2. The Morgan fingerprint density at radius 2 is 1.68 bits per heavy atom. The number of benzene rings is 1. The summed E-state index contributed by atoms with van der Waals surface area (Å²) < 4.78 is 0. The maximum Gasteiger partial charge on any atom is 0.238 e.